The average molecular weight is 358 g/mol. The molecule has 2 N–H and O–H groups in total. The highest BCUT2D eigenvalue weighted by Crippen LogP contribution is 2.20. The Morgan fingerprint density at radius 1 is 1.07 bits per heavy atom. The summed E-state index contributed by atoms with van der Waals surface area (Å²) in [7, 11) is 0. The van der Waals surface area contributed by atoms with Gasteiger partial charge in [-0.1, -0.05) is 42.8 Å². The van der Waals surface area contributed by atoms with Crippen LogP contribution in [0.15, 0.2) is 48.5 Å². The minimum atomic E-state index is -0.540. The van der Waals surface area contributed by atoms with Crippen molar-refractivity contribution in [3.05, 3.63) is 59.7 Å². The van der Waals surface area contributed by atoms with Gasteiger partial charge >= 0.3 is 0 Å². The standard InChI is InChI=1S/C22H22N4O/c23-14-17-6-10-19(11-7-17)18-8-4-16(5-9-18)13-20(15-24)26-22(27)21-3-1-2-12-25-21/h4-11,20-21,25H,1-3,12-13H2,(H,26,27)/t20-,21-/m0/s1. The molecule has 0 saturated carbocycles. The first-order valence-corrected chi connectivity index (χ1v) is 9.22. The van der Waals surface area contributed by atoms with Gasteiger partial charge in [0, 0.05) is 6.42 Å². The molecule has 136 valence electrons. The van der Waals surface area contributed by atoms with Gasteiger partial charge in [0.25, 0.3) is 0 Å². The van der Waals surface area contributed by atoms with Crippen molar-refractivity contribution in [1.29, 1.82) is 10.5 Å². The summed E-state index contributed by atoms with van der Waals surface area (Å²) in [5.41, 5.74) is 3.72. The Morgan fingerprint density at radius 3 is 2.30 bits per heavy atom. The average Bonchev–Trinajstić information content (AvgIpc) is 2.74. The number of piperidine rings is 1. The van der Waals surface area contributed by atoms with Crippen LogP contribution in [0.4, 0.5) is 0 Å². The number of hydrogen-bond acceptors (Lipinski definition) is 4. The molecule has 5 nitrogen and oxygen atoms in total. The number of carbonyl (C=O) groups excluding carboxylic acids is 1. The van der Waals surface area contributed by atoms with E-state index in [1.54, 1.807) is 12.1 Å². The zero-order valence-corrected chi connectivity index (χ0v) is 15.1. The van der Waals surface area contributed by atoms with Crippen molar-refractivity contribution in [2.24, 2.45) is 0 Å². The molecule has 1 heterocycles. The smallest absolute Gasteiger partial charge is 0.238 e. The van der Waals surface area contributed by atoms with Gasteiger partial charge in [-0.05, 0) is 48.2 Å². The second-order valence-electron chi connectivity index (χ2n) is 6.78. The Kier molecular flexibility index (Phi) is 6.20. The second kappa shape index (κ2) is 8.98. The number of benzene rings is 2. The number of nitrogens with one attached hydrogen (secondary N) is 2. The van der Waals surface area contributed by atoms with Crippen LogP contribution in [0.1, 0.15) is 30.4 Å². The molecule has 2 atom stereocenters. The lowest BCUT2D eigenvalue weighted by molar-refractivity contribution is -0.124. The molecule has 5 heteroatoms. The number of hydrogen-bond donors (Lipinski definition) is 2. The van der Waals surface area contributed by atoms with Crippen LogP contribution >= 0.6 is 0 Å². The van der Waals surface area contributed by atoms with E-state index in [0.717, 1.165) is 42.5 Å². The number of rotatable bonds is 5. The molecule has 2 aromatic rings. The van der Waals surface area contributed by atoms with Crippen LogP contribution in [0.2, 0.25) is 0 Å². The van der Waals surface area contributed by atoms with Crippen molar-refractivity contribution >= 4 is 5.91 Å². The van der Waals surface area contributed by atoms with Gasteiger partial charge in [0.05, 0.1) is 23.7 Å². The number of nitrogens with zero attached hydrogens (tertiary/aromatic N) is 2. The van der Waals surface area contributed by atoms with Gasteiger partial charge in [-0.3, -0.25) is 4.79 Å². The van der Waals surface area contributed by atoms with Crippen LogP contribution in [0.5, 0.6) is 0 Å². The lowest BCUT2D eigenvalue weighted by Gasteiger charge is -2.23. The van der Waals surface area contributed by atoms with Crippen LogP contribution in [0.25, 0.3) is 11.1 Å². The van der Waals surface area contributed by atoms with Gasteiger partial charge < -0.3 is 10.6 Å². The molecule has 1 amide bonds. The van der Waals surface area contributed by atoms with E-state index in [1.165, 1.54) is 0 Å². The van der Waals surface area contributed by atoms with Crippen LogP contribution in [0, 0.1) is 22.7 Å². The summed E-state index contributed by atoms with van der Waals surface area (Å²) in [6, 6.07) is 18.9. The predicted molar refractivity (Wildman–Crippen MR) is 103 cm³/mol. The van der Waals surface area contributed by atoms with Gasteiger partial charge in [-0.25, -0.2) is 0 Å². The fourth-order valence-electron chi connectivity index (χ4n) is 3.28. The first-order chi connectivity index (χ1) is 13.2. The molecular formula is C22H22N4O. The Labute approximate surface area is 159 Å². The first-order valence-electron chi connectivity index (χ1n) is 9.22. The van der Waals surface area contributed by atoms with Crippen LogP contribution in [-0.4, -0.2) is 24.5 Å². The van der Waals surface area contributed by atoms with Crippen LogP contribution in [0.3, 0.4) is 0 Å². The maximum absolute atomic E-state index is 12.3. The summed E-state index contributed by atoms with van der Waals surface area (Å²) in [5, 5.41) is 24.3. The molecule has 1 aliphatic heterocycles. The van der Waals surface area contributed by atoms with Crippen LogP contribution in [-0.2, 0) is 11.2 Å². The van der Waals surface area contributed by atoms with E-state index in [0.29, 0.717) is 12.0 Å². The zero-order chi connectivity index (χ0) is 19.1. The van der Waals surface area contributed by atoms with Crippen molar-refractivity contribution in [2.45, 2.75) is 37.8 Å². The SMILES string of the molecule is N#Cc1ccc(-c2ccc(C[C@@H](C#N)NC(=O)[C@@H]3CCCCN3)cc2)cc1. The third-order valence-electron chi connectivity index (χ3n) is 4.84. The van der Waals surface area contributed by atoms with Crippen molar-refractivity contribution in [3.8, 4) is 23.3 Å². The highest BCUT2D eigenvalue weighted by Gasteiger charge is 2.22. The fraction of sp³-hybridized carbons (Fsp3) is 0.318. The maximum Gasteiger partial charge on any atom is 0.238 e. The Balaban J connectivity index is 1.61. The maximum atomic E-state index is 12.3. The Bertz CT molecular complexity index is 853. The van der Waals surface area contributed by atoms with E-state index in [2.05, 4.69) is 22.8 Å². The van der Waals surface area contributed by atoms with E-state index in [-0.39, 0.29) is 11.9 Å². The highest BCUT2D eigenvalue weighted by molar-refractivity contribution is 5.82. The molecule has 0 aromatic heterocycles. The summed E-state index contributed by atoms with van der Waals surface area (Å²) in [6.45, 7) is 0.853. The summed E-state index contributed by atoms with van der Waals surface area (Å²) in [4.78, 5) is 12.3. The summed E-state index contributed by atoms with van der Waals surface area (Å²) < 4.78 is 0. The van der Waals surface area contributed by atoms with E-state index in [9.17, 15) is 10.1 Å². The summed E-state index contributed by atoms with van der Waals surface area (Å²) in [5.74, 6) is -0.0875. The molecule has 0 radical (unpaired) electrons. The number of amides is 1. The molecular weight excluding hydrogens is 336 g/mol. The molecule has 1 saturated heterocycles. The first kappa shape index (κ1) is 18.6. The summed E-state index contributed by atoms with van der Waals surface area (Å²) in [6.07, 6.45) is 3.43. The molecule has 0 bridgehead atoms. The van der Waals surface area contributed by atoms with E-state index in [4.69, 9.17) is 5.26 Å². The molecule has 2 aromatic carbocycles. The number of nitriles is 2. The molecule has 0 spiro atoms. The van der Waals surface area contributed by atoms with Gasteiger partial charge in [0.2, 0.25) is 5.91 Å². The fourth-order valence-corrected chi connectivity index (χ4v) is 3.28. The normalized spacial score (nSPS) is 17.3. The highest BCUT2D eigenvalue weighted by atomic mass is 16.2. The van der Waals surface area contributed by atoms with Crippen LogP contribution < -0.4 is 10.6 Å². The van der Waals surface area contributed by atoms with Gasteiger partial charge in [0.1, 0.15) is 6.04 Å². The zero-order valence-electron chi connectivity index (χ0n) is 15.1. The second-order valence-corrected chi connectivity index (χ2v) is 6.78. The van der Waals surface area contributed by atoms with E-state index >= 15 is 0 Å². The minimum Gasteiger partial charge on any atom is -0.339 e. The largest absolute Gasteiger partial charge is 0.339 e. The molecule has 0 unspecified atom stereocenters. The van der Waals surface area contributed by atoms with Gasteiger partial charge in [-0.2, -0.15) is 10.5 Å². The van der Waals surface area contributed by atoms with E-state index in [1.807, 2.05) is 36.4 Å². The van der Waals surface area contributed by atoms with Crippen molar-refractivity contribution in [3.63, 3.8) is 0 Å². The molecule has 1 aliphatic rings. The molecule has 0 aliphatic carbocycles. The third-order valence-corrected chi connectivity index (χ3v) is 4.84. The third kappa shape index (κ3) is 4.94. The number of carbonyl (C=O) groups is 1. The summed E-state index contributed by atoms with van der Waals surface area (Å²) >= 11 is 0. The van der Waals surface area contributed by atoms with E-state index < -0.39 is 6.04 Å². The van der Waals surface area contributed by atoms with Gasteiger partial charge in [-0.15, -0.1) is 0 Å². The Hall–Kier alpha value is -3.15. The van der Waals surface area contributed by atoms with Crippen molar-refractivity contribution < 1.29 is 4.79 Å². The molecule has 1 fully saturated rings. The lowest BCUT2D eigenvalue weighted by atomic mass is 9.99. The lowest BCUT2D eigenvalue weighted by Crippen LogP contribution is -2.49. The van der Waals surface area contributed by atoms with Crippen molar-refractivity contribution in [1.82, 2.24) is 10.6 Å². The molecule has 27 heavy (non-hydrogen) atoms. The topological polar surface area (TPSA) is 88.7 Å². The quantitative estimate of drug-likeness (QED) is 0.860. The molecule has 3 rings (SSSR count). The minimum absolute atomic E-state index is 0.0875. The predicted octanol–water partition coefficient (Wildman–Crippen LogP) is 2.92. The Morgan fingerprint density at radius 2 is 1.74 bits per heavy atom. The van der Waals surface area contributed by atoms with Crippen molar-refractivity contribution in [2.75, 3.05) is 6.54 Å². The monoisotopic (exact) mass is 358 g/mol. The van der Waals surface area contributed by atoms with Gasteiger partial charge in [0.15, 0.2) is 0 Å².